The van der Waals surface area contributed by atoms with Crippen LogP contribution in [0.5, 0.6) is 0 Å². The van der Waals surface area contributed by atoms with Gasteiger partial charge in [0.05, 0.1) is 17.5 Å². The van der Waals surface area contributed by atoms with E-state index in [1.54, 1.807) is 13.2 Å². The minimum Gasteiger partial charge on any atom is -0.376 e. The number of nitrogens with zero attached hydrogens (tertiary/aromatic N) is 3. The SMILES string of the molecule is CNc1nc(NC[C@H]2CCCO2)cc(-c2ccccn2)n1. The van der Waals surface area contributed by atoms with Crippen molar-refractivity contribution in [3.8, 4) is 11.4 Å². The van der Waals surface area contributed by atoms with Crippen molar-refractivity contribution in [1.29, 1.82) is 0 Å². The zero-order valence-electron chi connectivity index (χ0n) is 12.0. The van der Waals surface area contributed by atoms with E-state index < -0.39 is 0 Å². The minimum absolute atomic E-state index is 0.274. The molecule has 2 aromatic heterocycles. The number of aromatic nitrogens is 3. The van der Waals surface area contributed by atoms with Gasteiger partial charge in [-0.25, -0.2) is 4.98 Å². The molecule has 0 radical (unpaired) electrons. The van der Waals surface area contributed by atoms with Gasteiger partial charge in [0.1, 0.15) is 5.82 Å². The summed E-state index contributed by atoms with van der Waals surface area (Å²) >= 11 is 0. The zero-order chi connectivity index (χ0) is 14.5. The van der Waals surface area contributed by atoms with E-state index in [1.165, 1.54) is 0 Å². The largest absolute Gasteiger partial charge is 0.376 e. The lowest BCUT2D eigenvalue weighted by atomic mass is 10.2. The molecule has 3 heterocycles. The van der Waals surface area contributed by atoms with Gasteiger partial charge in [-0.2, -0.15) is 4.98 Å². The highest BCUT2D eigenvalue weighted by molar-refractivity contribution is 5.60. The number of rotatable bonds is 5. The Kier molecular flexibility index (Phi) is 4.25. The van der Waals surface area contributed by atoms with Crippen LogP contribution in [0, 0.1) is 0 Å². The molecule has 0 spiro atoms. The molecule has 1 aliphatic heterocycles. The molecular weight excluding hydrogens is 266 g/mol. The van der Waals surface area contributed by atoms with E-state index in [-0.39, 0.29) is 6.10 Å². The summed E-state index contributed by atoms with van der Waals surface area (Å²) in [5, 5.41) is 6.31. The fourth-order valence-electron chi connectivity index (χ4n) is 2.32. The van der Waals surface area contributed by atoms with Crippen molar-refractivity contribution in [2.75, 3.05) is 30.8 Å². The Morgan fingerprint density at radius 1 is 1.29 bits per heavy atom. The van der Waals surface area contributed by atoms with Crippen molar-refractivity contribution >= 4 is 11.8 Å². The lowest BCUT2D eigenvalue weighted by molar-refractivity contribution is 0.120. The summed E-state index contributed by atoms with van der Waals surface area (Å²) in [7, 11) is 1.81. The lowest BCUT2D eigenvalue weighted by Crippen LogP contribution is -2.19. The van der Waals surface area contributed by atoms with Crippen molar-refractivity contribution in [3.63, 3.8) is 0 Å². The second-order valence-corrected chi connectivity index (χ2v) is 4.94. The molecule has 0 aliphatic carbocycles. The van der Waals surface area contributed by atoms with E-state index in [4.69, 9.17) is 4.74 Å². The molecule has 6 heteroatoms. The van der Waals surface area contributed by atoms with Gasteiger partial charge in [-0.3, -0.25) is 4.98 Å². The molecule has 1 atom stereocenters. The van der Waals surface area contributed by atoms with E-state index >= 15 is 0 Å². The fourth-order valence-corrected chi connectivity index (χ4v) is 2.32. The van der Waals surface area contributed by atoms with E-state index in [1.807, 2.05) is 24.3 Å². The topological polar surface area (TPSA) is 72.0 Å². The van der Waals surface area contributed by atoms with Gasteiger partial charge in [0.15, 0.2) is 0 Å². The first kappa shape index (κ1) is 13.8. The van der Waals surface area contributed by atoms with Crippen molar-refractivity contribution in [2.45, 2.75) is 18.9 Å². The van der Waals surface area contributed by atoms with Gasteiger partial charge in [0.2, 0.25) is 5.95 Å². The smallest absolute Gasteiger partial charge is 0.224 e. The number of nitrogens with one attached hydrogen (secondary N) is 2. The molecule has 0 bridgehead atoms. The molecule has 0 unspecified atom stereocenters. The third-order valence-electron chi connectivity index (χ3n) is 3.41. The Hall–Kier alpha value is -2.21. The van der Waals surface area contributed by atoms with Gasteiger partial charge in [0, 0.05) is 32.5 Å². The van der Waals surface area contributed by atoms with Crippen LogP contribution in [0.4, 0.5) is 11.8 Å². The standard InChI is InChI=1S/C15H19N5O/c1-16-15-19-13(12-6-2-3-7-17-12)9-14(20-15)18-10-11-5-4-8-21-11/h2-3,6-7,9,11H,4-5,8,10H2,1H3,(H2,16,18,19,20)/t11-/m1/s1. The van der Waals surface area contributed by atoms with Gasteiger partial charge >= 0.3 is 0 Å². The van der Waals surface area contributed by atoms with Crippen molar-refractivity contribution in [2.24, 2.45) is 0 Å². The quantitative estimate of drug-likeness (QED) is 0.877. The van der Waals surface area contributed by atoms with Gasteiger partial charge in [-0.1, -0.05) is 6.07 Å². The number of anilines is 2. The van der Waals surface area contributed by atoms with E-state index in [0.717, 1.165) is 43.2 Å². The molecule has 21 heavy (non-hydrogen) atoms. The first-order valence-electron chi connectivity index (χ1n) is 7.19. The van der Waals surface area contributed by atoms with Crippen molar-refractivity contribution in [3.05, 3.63) is 30.5 Å². The molecule has 6 nitrogen and oxygen atoms in total. The second kappa shape index (κ2) is 6.49. The van der Waals surface area contributed by atoms with Crippen LogP contribution in [0.25, 0.3) is 11.4 Å². The fraction of sp³-hybridized carbons (Fsp3) is 0.400. The molecule has 2 N–H and O–H groups in total. The van der Waals surface area contributed by atoms with E-state index in [9.17, 15) is 0 Å². The van der Waals surface area contributed by atoms with Gasteiger partial charge in [0.25, 0.3) is 0 Å². The molecule has 2 aromatic rings. The van der Waals surface area contributed by atoms with Crippen LogP contribution in [-0.4, -0.2) is 41.3 Å². The van der Waals surface area contributed by atoms with Crippen LogP contribution in [-0.2, 0) is 4.74 Å². The second-order valence-electron chi connectivity index (χ2n) is 4.94. The summed E-state index contributed by atoms with van der Waals surface area (Å²) in [4.78, 5) is 13.2. The molecule has 0 saturated carbocycles. The summed E-state index contributed by atoms with van der Waals surface area (Å²) in [6.07, 6.45) is 4.27. The summed E-state index contributed by atoms with van der Waals surface area (Å²) in [6.45, 7) is 1.62. The molecule has 110 valence electrons. The Bertz CT molecular complexity index is 584. The summed E-state index contributed by atoms with van der Waals surface area (Å²) in [6, 6.07) is 7.69. The maximum Gasteiger partial charge on any atom is 0.224 e. The number of hydrogen-bond acceptors (Lipinski definition) is 6. The normalized spacial score (nSPS) is 17.7. The predicted octanol–water partition coefficient (Wildman–Crippen LogP) is 2.17. The number of pyridine rings is 1. The summed E-state index contributed by atoms with van der Waals surface area (Å²) in [5.41, 5.74) is 1.63. The minimum atomic E-state index is 0.274. The van der Waals surface area contributed by atoms with Crippen LogP contribution in [0.15, 0.2) is 30.5 Å². The number of ether oxygens (including phenoxy) is 1. The Morgan fingerprint density at radius 3 is 2.95 bits per heavy atom. The molecule has 1 fully saturated rings. The van der Waals surface area contributed by atoms with Crippen LogP contribution >= 0.6 is 0 Å². The molecule has 0 aromatic carbocycles. The summed E-state index contributed by atoms with van der Waals surface area (Å²) in [5.74, 6) is 1.36. The van der Waals surface area contributed by atoms with Crippen LogP contribution in [0.3, 0.4) is 0 Å². The molecule has 0 amide bonds. The third kappa shape index (κ3) is 3.46. The number of hydrogen-bond donors (Lipinski definition) is 2. The van der Waals surface area contributed by atoms with Gasteiger partial charge in [-0.15, -0.1) is 0 Å². The average Bonchev–Trinajstić information content (AvgIpc) is 3.07. The third-order valence-corrected chi connectivity index (χ3v) is 3.41. The maximum atomic E-state index is 5.61. The monoisotopic (exact) mass is 285 g/mol. The molecular formula is C15H19N5O. The van der Waals surface area contributed by atoms with Crippen LogP contribution in [0.2, 0.25) is 0 Å². The van der Waals surface area contributed by atoms with Crippen molar-refractivity contribution in [1.82, 2.24) is 15.0 Å². The van der Waals surface area contributed by atoms with E-state index in [2.05, 4.69) is 25.6 Å². The molecule has 1 aliphatic rings. The first-order chi connectivity index (χ1) is 10.3. The molecule has 3 rings (SSSR count). The predicted molar refractivity (Wildman–Crippen MR) is 82.3 cm³/mol. The van der Waals surface area contributed by atoms with Crippen LogP contribution in [0.1, 0.15) is 12.8 Å². The Balaban J connectivity index is 1.79. The van der Waals surface area contributed by atoms with Gasteiger partial charge < -0.3 is 15.4 Å². The summed E-state index contributed by atoms with van der Waals surface area (Å²) < 4.78 is 5.61. The highest BCUT2D eigenvalue weighted by atomic mass is 16.5. The molecule has 1 saturated heterocycles. The Morgan fingerprint density at radius 2 is 2.24 bits per heavy atom. The zero-order valence-corrected chi connectivity index (χ0v) is 12.0. The maximum absolute atomic E-state index is 5.61. The average molecular weight is 285 g/mol. The highest BCUT2D eigenvalue weighted by Gasteiger charge is 2.15. The Labute approximate surface area is 124 Å². The van der Waals surface area contributed by atoms with Crippen LogP contribution < -0.4 is 10.6 Å². The van der Waals surface area contributed by atoms with Gasteiger partial charge in [-0.05, 0) is 25.0 Å². The van der Waals surface area contributed by atoms with E-state index in [0.29, 0.717) is 5.95 Å². The highest BCUT2D eigenvalue weighted by Crippen LogP contribution is 2.20. The first-order valence-corrected chi connectivity index (χ1v) is 7.19. The van der Waals surface area contributed by atoms with Crippen molar-refractivity contribution < 1.29 is 4.74 Å². The lowest BCUT2D eigenvalue weighted by Gasteiger charge is -2.13.